The first-order valence-electron chi connectivity index (χ1n) is 37.2. The number of hydrogen-bond acceptors (Lipinski definition) is 35. The number of ether oxygens (including phenoxy) is 6. The topological polar surface area (TPSA) is 560 Å². The predicted molar refractivity (Wildman–Crippen MR) is 413 cm³/mol. The van der Waals surface area contributed by atoms with Gasteiger partial charge in [0.05, 0.1) is 94.8 Å². The molecule has 3 aliphatic rings. The third kappa shape index (κ3) is 24.6. The average Bonchev–Trinajstić information content (AvgIpc) is 1.59. The lowest BCUT2D eigenvalue weighted by molar-refractivity contribution is -0.152. The van der Waals surface area contributed by atoms with E-state index in [0.717, 1.165) is 17.1 Å². The molecule has 15 N–H and O–H groups in total. The molecule has 3 aromatic heterocycles. The molecule has 3 aromatic carbocycles. The van der Waals surface area contributed by atoms with Crippen LogP contribution in [0.1, 0.15) is 89.2 Å². The maximum absolute atomic E-state index is 14.2. The van der Waals surface area contributed by atoms with Gasteiger partial charge in [0.1, 0.15) is 66.0 Å². The number of aliphatic hydroxyl groups is 3. The van der Waals surface area contributed by atoms with Crippen molar-refractivity contribution in [2.75, 3.05) is 55.4 Å². The van der Waals surface area contributed by atoms with Gasteiger partial charge in [-0.3, -0.25) is 37.1 Å². The van der Waals surface area contributed by atoms with Gasteiger partial charge >= 0.3 is 57.8 Å². The largest absolute Gasteiger partial charge is 0.463 e. The number of hydrogen-bond donors (Lipinski definition) is 9. The number of carbonyl (C=O) groups is 3. The molecule has 6 heterocycles. The Hall–Kier alpha value is -8.94. The van der Waals surface area contributed by atoms with Crippen molar-refractivity contribution in [2.45, 2.75) is 153 Å². The van der Waals surface area contributed by atoms with Crippen LogP contribution in [0.5, 0.6) is 17.2 Å². The summed E-state index contributed by atoms with van der Waals surface area (Å²) < 4.78 is 175. The Morgan fingerprint density at radius 3 is 1.20 bits per heavy atom. The number of nitrogens with zero attached hydrogens (tertiary/aromatic N) is 8. The van der Waals surface area contributed by atoms with Crippen LogP contribution in [0.3, 0.4) is 0 Å². The predicted octanol–water partition coefficient (Wildman–Crippen LogP) is 4.50. The molecule has 0 radical (unpaired) electrons. The van der Waals surface area contributed by atoms with Crippen molar-refractivity contribution < 1.29 is 112 Å². The highest BCUT2D eigenvalue weighted by molar-refractivity contribution is 7.55. The van der Waals surface area contributed by atoms with Crippen LogP contribution < -0.4 is 65.0 Å². The number of anilines is 3. The molecule has 18 atom stereocenters. The number of para-hydroxylation sites is 3. The van der Waals surface area contributed by atoms with Gasteiger partial charge in [-0.2, -0.15) is 24.7 Å². The van der Waals surface area contributed by atoms with Crippen LogP contribution in [0.4, 0.5) is 22.0 Å². The lowest BCUT2D eigenvalue weighted by atomic mass is 9.92. The van der Waals surface area contributed by atoms with Gasteiger partial charge < -0.3 is 91.7 Å². The lowest BCUT2D eigenvalue weighted by Crippen LogP contribution is -2.55. The Kier molecular flexibility index (Phi) is 29.8. The number of benzene rings is 3. The summed E-state index contributed by atoms with van der Waals surface area (Å²) in [6.45, 7) is 4.59. The van der Waals surface area contributed by atoms with Crippen LogP contribution in [0.25, 0.3) is 0 Å². The third-order valence-electron chi connectivity index (χ3n) is 16.0. The molecule has 3 unspecified atom stereocenters. The summed E-state index contributed by atoms with van der Waals surface area (Å²) in [4.78, 5) is 88.8. The van der Waals surface area contributed by atoms with E-state index in [0.29, 0.717) is 15.4 Å². The molecule has 3 aliphatic heterocycles. The fourth-order valence-electron chi connectivity index (χ4n) is 10.5. The van der Waals surface area contributed by atoms with Crippen LogP contribution in [0.2, 0.25) is 0 Å². The van der Waals surface area contributed by atoms with Crippen LogP contribution in [0, 0.1) is 57.5 Å². The number of nitrogen functional groups attached to an aromatic ring is 3. The van der Waals surface area contributed by atoms with E-state index in [1.54, 1.807) is 96.1 Å². The van der Waals surface area contributed by atoms with E-state index in [2.05, 4.69) is 42.8 Å². The van der Waals surface area contributed by atoms with Gasteiger partial charge in [0, 0.05) is 16.1 Å². The van der Waals surface area contributed by atoms with Gasteiger partial charge in [-0.15, -0.1) is 0 Å². The molecule has 3 fully saturated rings. The fraction of sp³-hybridized carbons (Fsp3) is 0.471. The van der Waals surface area contributed by atoms with Crippen molar-refractivity contribution in [1.82, 2.24) is 38.9 Å². The van der Waals surface area contributed by atoms with E-state index in [9.17, 15) is 62.2 Å². The standard InChI is InChI=1S/C24H29ClFN4O8P.2C23H29ClN5O8P/c1-14(2)36-21(32)15(3)13-39(34,38-16-7-5-4-6-8-16)35-12-18-19(31)24(28,9-10-25)22(37-18)30-11-17(26)20(27)29-23(30)33;1-14(2)35-20(31)15(3)13-38(33,37-16-7-5-4-6-8-16)34-12-17-19(30)23(26,9-10-24)21(36-17)29-22(32)28-18(25)11-27-29;1-14(2)35-19(31)15(3)12-38(33,37-16-7-5-4-6-8-16)34-11-17-18(30)23(26,9-10-24)20(36-17)29-13-27-21(25)28-22(29)32/h4-8,11,14-15,18-19,22,31H,12-13,28H2,1-3H3,(H2,27,29,33);4-8,11,14-15,17,19,21,30H,12-13,26H2,1-3H3,(H2,25,28,32);4-8,13-15,17-18,20,30H,11-12,26H2,1-3H3,(H2,25,28,32)/t15-,18-,19+,22-,24?,39+;15-,17-,19+,21-,23?,38+;15-,17-,18+,20-,23?,38+/m111/s1/i2*12D2;11D2. The lowest BCUT2D eigenvalue weighted by Gasteiger charge is -2.27. The molecule has 9 rings (SSSR count). The van der Waals surface area contributed by atoms with E-state index in [1.165, 1.54) is 57.2 Å². The fourth-order valence-corrected chi connectivity index (χ4v) is 16.1. The summed E-state index contributed by atoms with van der Waals surface area (Å²) in [6, 6.07) is 23.1. The SMILES string of the molecule is [2H]C([2H])(O[P@@](=O)(C[C@@H](C)C(=O)OC(C)C)Oc1ccccc1)[C@H]1O[C@@H](n2cc(F)c(N)nc2=O)C(N)(C#CCl)[C@H]1O.[2H]C([2H])(O[P@@](=O)(C[C@@H](C)C(=O)OC(C)C)Oc1ccccc1)[C@H]1O[C@@H](n2cnc(N)nc2=O)C(N)(C#CCl)[C@H]1O.[2H]C([2H])(O[P@@](=O)(C[C@@H](C)C(=O)OC(C)C)Oc1ccccc1)[C@H]1O[C@@H](n2ncc(N)nc2=O)C(N)(C#CCl)[C@H]1O. The van der Waals surface area contributed by atoms with Crippen molar-refractivity contribution in [3.63, 3.8) is 0 Å². The Morgan fingerprint density at radius 2 is 0.870 bits per heavy atom. The minimum absolute atomic E-state index is 0.0259. The molecule has 115 heavy (non-hydrogen) atoms. The van der Waals surface area contributed by atoms with Gasteiger partial charge in [0.25, 0.3) is 0 Å². The molecular weight excluding hydrogens is 1640 g/mol. The van der Waals surface area contributed by atoms with Crippen LogP contribution in [0.15, 0.2) is 124 Å². The van der Waals surface area contributed by atoms with Gasteiger partial charge in [-0.05, 0) is 113 Å². The highest BCUT2D eigenvalue weighted by Crippen LogP contribution is 2.54. The quantitative estimate of drug-likeness (QED) is 0.0130. The number of halogens is 4. The van der Waals surface area contributed by atoms with Crippen molar-refractivity contribution >= 4 is 93.1 Å². The zero-order chi connectivity index (χ0) is 90.5. The van der Waals surface area contributed by atoms with Gasteiger partial charge in [0.2, 0.25) is 5.95 Å². The van der Waals surface area contributed by atoms with Crippen molar-refractivity contribution in [2.24, 2.45) is 35.0 Å². The maximum Gasteiger partial charge on any atom is 0.380 e. The first kappa shape index (κ1) is 84.0. The molecule has 0 bridgehead atoms. The molecule has 6 aromatic rings. The molecule has 3 saturated heterocycles. The molecule has 45 heteroatoms. The molecule has 0 spiro atoms. The highest BCUT2D eigenvalue weighted by Gasteiger charge is 2.59. The maximum atomic E-state index is 14.2. The van der Waals surface area contributed by atoms with E-state index in [1.807, 2.05) is 16.1 Å². The first-order chi connectivity index (χ1) is 56.3. The van der Waals surface area contributed by atoms with Crippen LogP contribution in [-0.4, -0.2) is 182 Å². The van der Waals surface area contributed by atoms with Gasteiger partial charge in [-0.1, -0.05) is 93.1 Å². The molecule has 624 valence electrons. The molecule has 0 amide bonds. The molecule has 0 saturated carbocycles. The number of aliphatic hydroxyl groups excluding tert-OH is 3. The van der Waals surface area contributed by atoms with Crippen molar-refractivity contribution in [3.8, 4) is 51.1 Å². The summed E-state index contributed by atoms with van der Waals surface area (Å²) in [5.41, 5.74) is 25.1. The van der Waals surface area contributed by atoms with Crippen molar-refractivity contribution in [1.29, 1.82) is 0 Å². The number of carbonyl (C=O) groups excluding carboxylic acids is 3. The summed E-state index contributed by atoms with van der Waals surface area (Å²) in [6.07, 6.45) is -18.2. The first-order valence-corrected chi connectivity index (χ1v) is 40.5. The van der Waals surface area contributed by atoms with Gasteiger partial charge in [0.15, 0.2) is 46.9 Å². The minimum atomic E-state index is -4.60. The number of nitrogens with two attached hydrogens (primary N) is 6. The van der Waals surface area contributed by atoms with E-state index in [4.69, 9.17) is 133 Å². The molecule has 0 aliphatic carbocycles. The normalized spacial score (nSPS) is 26.2. The summed E-state index contributed by atoms with van der Waals surface area (Å²) in [5.74, 6) is -0.776. The summed E-state index contributed by atoms with van der Waals surface area (Å²) in [7, 11) is -13.7. The zero-order valence-electron chi connectivity index (χ0n) is 68.5. The van der Waals surface area contributed by atoms with Crippen molar-refractivity contribution in [3.05, 3.63) is 147 Å². The minimum Gasteiger partial charge on any atom is -0.463 e. The summed E-state index contributed by atoms with van der Waals surface area (Å²) >= 11 is 16.6. The number of esters is 3. The van der Waals surface area contributed by atoms with E-state index < -0.39 is 216 Å². The van der Waals surface area contributed by atoms with Crippen LogP contribution in [-0.2, 0) is 70.1 Å². The number of rotatable bonds is 30. The second-order valence-electron chi connectivity index (χ2n) is 26.4. The Labute approximate surface area is 681 Å². The van der Waals surface area contributed by atoms with Gasteiger partial charge in [-0.25, -0.2) is 37.5 Å². The summed E-state index contributed by atoms with van der Waals surface area (Å²) in [5, 5.41) is 43.0. The molecular formula is C70H87Cl3FN14O24P3. The number of aromatic nitrogens is 8. The smallest absolute Gasteiger partial charge is 0.380 e. The average molecular weight is 1730 g/mol. The second kappa shape index (κ2) is 40.8. The Bertz CT molecular complexity index is 5010. The van der Waals surface area contributed by atoms with E-state index in [-0.39, 0.29) is 29.0 Å². The second-order valence-corrected chi connectivity index (χ2v) is 32.8. The molecule has 38 nitrogen and oxygen atoms in total. The highest BCUT2D eigenvalue weighted by atomic mass is 35.5. The Balaban J connectivity index is 0.000000250. The Morgan fingerprint density at radius 1 is 0.539 bits per heavy atom. The van der Waals surface area contributed by atoms with E-state index >= 15 is 0 Å². The third-order valence-corrected chi connectivity index (χ3v) is 21.8. The van der Waals surface area contributed by atoms with Crippen LogP contribution >= 0.6 is 57.6 Å². The monoisotopic (exact) mass is 1730 g/mol. The zero-order valence-corrected chi connectivity index (χ0v) is 67.4.